The van der Waals surface area contributed by atoms with E-state index in [-0.39, 0.29) is 18.3 Å². The standard InChI is InChI=1S/C16H27N2O8PS/c1-10-8-18(16(21)17-15(10)20)14-7-12(19)13(26-14)9-25-27(22,23)24-6-4-3-5-11(2)28/h8,11-14,19,28H,3-7,9H2,1-2H3,(H,22,23)(H,17,20,21)/p-1/t11?,12?,13-,14-/m1/s1. The predicted molar refractivity (Wildman–Crippen MR) is 102 cm³/mol. The van der Waals surface area contributed by atoms with Crippen molar-refractivity contribution < 1.29 is 28.3 Å². The molecule has 1 fully saturated rings. The number of phosphoric ester groups is 1. The highest BCUT2D eigenvalue weighted by Crippen LogP contribution is 2.40. The molecule has 0 radical (unpaired) electrons. The van der Waals surface area contributed by atoms with Gasteiger partial charge in [-0.15, -0.1) is 0 Å². The van der Waals surface area contributed by atoms with Gasteiger partial charge < -0.3 is 23.8 Å². The van der Waals surface area contributed by atoms with Gasteiger partial charge in [0.15, 0.2) is 0 Å². The van der Waals surface area contributed by atoms with E-state index < -0.39 is 44.1 Å². The molecule has 12 heteroatoms. The first kappa shape index (κ1) is 23.3. The predicted octanol–water partition coefficient (Wildman–Crippen LogP) is 0.484. The minimum Gasteiger partial charge on any atom is -0.756 e. The number of aryl methyl sites for hydroxylation is 1. The van der Waals surface area contributed by atoms with Gasteiger partial charge in [-0.05, 0) is 25.0 Å². The summed E-state index contributed by atoms with van der Waals surface area (Å²) >= 11 is 4.24. The van der Waals surface area contributed by atoms with Gasteiger partial charge in [-0.25, -0.2) is 4.79 Å². The van der Waals surface area contributed by atoms with E-state index in [9.17, 15) is 24.2 Å². The van der Waals surface area contributed by atoms with E-state index in [1.54, 1.807) is 0 Å². The Hall–Kier alpha value is -0.940. The van der Waals surface area contributed by atoms with Crippen molar-refractivity contribution in [2.24, 2.45) is 0 Å². The molecule has 1 aliphatic heterocycles. The van der Waals surface area contributed by atoms with Crippen LogP contribution in [0.25, 0.3) is 0 Å². The Morgan fingerprint density at radius 1 is 1.46 bits per heavy atom. The van der Waals surface area contributed by atoms with E-state index in [2.05, 4.69) is 17.6 Å². The van der Waals surface area contributed by atoms with Crippen LogP contribution in [-0.4, -0.2) is 45.3 Å². The normalized spacial score (nSPS) is 25.5. The number of aliphatic hydroxyl groups is 1. The quantitative estimate of drug-likeness (QED) is 0.273. The average molecular weight is 437 g/mol. The van der Waals surface area contributed by atoms with Crippen molar-refractivity contribution in [2.45, 2.75) is 63.2 Å². The lowest BCUT2D eigenvalue weighted by Gasteiger charge is -2.25. The topological polar surface area (TPSA) is 143 Å². The minimum atomic E-state index is -4.53. The Morgan fingerprint density at radius 3 is 2.86 bits per heavy atom. The number of rotatable bonds is 10. The molecule has 0 aromatic carbocycles. The number of hydrogen-bond acceptors (Lipinski definition) is 9. The van der Waals surface area contributed by atoms with Crippen LogP contribution < -0.4 is 16.1 Å². The monoisotopic (exact) mass is 437 g/mol. The van der Waals surface area contributed by atoms with Gasteiger partial charge in [-0.3, -0.25) is 18.9 Å². The SMILES string of the molecule is Cc1cn([C@H]2CC(O)[C@@H](COP(=O)([O-])OCCCCC(C)S)O2)c(=O)[nH]c1=O. The van der Waals surface area contributed by atoms with Crippen molar-refractivity contribution >= 4 is 20.5 Å². The highest BCUT2D eigenvalue weighted by molar-refractivity contribution is 7.80. The number of aromatic amines is 1. The number of aromatic nitrogens is 2. The first-order valence-electron chi connectivity index (χ1n) is 9.03. The summed E-state index contributed by atoms with van der Waals surface area (Å²) in [6.07, 6.45) is 0.719. The van der Waals surface area contributed by atoms with Crippen molar-refractivity contribution in [3.05, 3.63) is 32.6 Å². The fraction of sp³-hybridized carbons (Fsp3) is 0.750. The highest BCUT2D eigenvalue weighted by Gasteiger charge is 2.36. The summed E-state index contributed by atoms with van der Waals surface area (Å²) in [6, 6.07) is 0. The number of aliphatic hydroxyl groups excluding tert-OH is 1. The first-order chi connectivity index (χ1) is 13.1. The molecular formula is C16H26N2O8PS-. The first-order valence-corrected chi connectivity index (χ1v) is 11.0. The van der Waals surface area contributed by atoms with E-state index >= 15 is 0 Å². The molecule has 2 N–H and O–H groups in total. The van der Waals surface area contributed by atoms with Gasteiger partial charge in [0.05, 0.1) is 19.3 Å². The van der Waals surface area contributed by atoms with Crippen molar-refractivity contribution in [1.82, 2.24) is 9.55 Å². The van der Waals surface area contributed by atoms with Gasteiger partial charge in [0, 0.05) is 18.2 Å². The van der Waals surface area contributed by atoms with Crippen molar-refractivity contribution in [3.63, 3.8) is 0 Å². The third kappa shape index (κ3) is 6.84. The van der Waals surface area contributed by atoms with Gasteiger partial charge in [0.25, 0.3) is 13.4 Å². The molecule has 0 amide bonds. The number of nitrogens with zero attached hydrogens (tertiary/aromatic N) is 1. The Balaban J connectivity index is 1.85. The number of H-pyrrole nitrogens is 1. The van der Waals surface area contributed by atoms with Crippen LogP contribution in [0.1, 0.15) is 44.4 Å². The zero-order chi connectivity index (χ0) is 20.9. The number of nitrogens with one attached hydrogen (secondary N) is 1. The molecule has 0 saturated carbocycles. The summed E-state index contributed by atoms with van der Waals surface area (Å²) in [6.45, 7) is 3.05. The van der Waals surface area contributed by atoms with E-state index in [4.69, 9.17) is 13.8 Å². The van der Waals surface area contributed by atoms with E-state index in [1.807, 2.05) is 6.92 Å². The molecule has 160 valence electrons. The molecule has 5 atom stereocenters. The maximum Gasteiger partial charge on any atom is 0.330 e. The zero-order valence-corrected chi connectivity index (χ0v) is 17.6. The lowest BCUT2D eigenvalue weighted by Crippen LogP contribution is -2.33. The summed E-state index contributed by atoms with van der Waals surface area (Å²) in [4.78, 5) is 37.3. The van der Waals surface area contributed by atoms with Gasteiger partial charge in [0.1, 0.15) is 12.3 Å². The third-order valence-electron chi connectivity index (χ3n) is 4.32. The molecule has 2 heterocycles. The maximum atomic E-state index is 11.9. The average Bonchev–Trinajstić information content (AvgIpc) is 2.96. The van der Waals surface area contributed by atoms with Crippen molar-refractivity contribution in [3.8, 4) is 0 Å². The van der Waals surface area contributed by atoms with Gasteiger partial charge in [-0.2, -0.15) is 12.6 Å². The fourth-order valence-corrected chi connectivity index (χ4v) is 3.70. The largest absolute Gasteiger partial charge is 0.756 e. The number of hydrogen-bond donors (Lipinski definition) is 3. The van der Waals surface area contributed by atoms with Crippen LogP contribution in [0, 0.1) is 6.92 Å². The van der Waals surface area contributed by atoms with Gasteiger partial charge in [-0.1, -0.05) is 13.3 Å². The summed E-state index contributed by atoms with van der Waals surface area (Å²) in [5, 5.41) is 10.3. The second kappa shape index (κ2) is 10.2. The molecule has 3 unspecified atom stereocenters. The van der Waals surface area contributed by atoms with Crippen LogP contribution in [0.4, 0.5) is 0 Å². The molecule has 1 aromatic heterocycles. The number of unbranched alkanes of at least 4 members (excludes halogenated alkanes) is 1. The van der Waals surface area contributed by atoms with Crippen LogP contribution in [0.3, 0.4) is 0 Å². The summed E-state index contributed by atoms with van der Waals surface area (Å²) < 4.78 is 28.1. The van der Waals surface area contributed by atoms with E-state index in [1.165, 1.54) is 13.1 Å². The molecule has 10 nitrogen and oxygen atoms in total. The highest BCUT2D eigenvalue weighted by atomic mass is 32.1. The van der Waals surface area contributed by atoms with Crippen LogP contribution in [-0.2, 0) is 18.3 Å². The number of ether oxygens (including phenoxy) is 1. The number of thiol groups is 1. The van der Waals surface area contributed by atoms with Gasteiger partial charge >= 0.3 is 5.69 Å². The Morgan fingerprint density at radius 2 is 2.18 bits per heavy atom. The van der Waals surface area contributed by atoms with Crippen LogP contribution in [0.5, 0.6) is 0 Å². The smallest absolute Gasteiger partial charge is 0.330 e. The summed E-state index contributed by atoms with van der Waals surface area (Å²) in [7, 11) is -4.53. The molecular weight excluding hydrogens is 411 g/mol. The minimum absolute atomic E-state index is 0.00400. The molecule has 28 heavy (non-hydrogen) atoms. The molecule has 1 aromatic rings. The van der Waals surface area contributed by atoms with E-state index in [0.29, 0.717) is 12.0 Å². The fourth-order valence-electron chi connectivity index (χ4n) is 2.76. The molecule has 1 aliphatic rings. The van der Waals surface area contributed by atoms with Crippen LogP contribution in [0.2, 0.25) is 0 Å². The Kier molecular flexibility index (Phi) is 8.50. The van der Waals surface area contributed by atoms with Gasteiger partial charge in [0.2, 0.25) is 0 Å². The summed E-state index contributed by atoms with van der Waals surface area (Å²) in [5.74, 6) is 0. The molecule has 0 aliphatic carbocycles. The zero-order valence-electron chi connectivity index (χ0n) is 15.8. The molecule has 0 bridgehead atoms. The molecule has 0 spiro atoms. The maximum absolute atomic E-state index is 11.9. The van der Waals surface area contributed by atoms with Crippen molar-refractivity contribution in [2.75, 3.05) is 13.2 Å². The molecule has 1 saturated heterocycles. The van der Waals surface area contributed by atoms with Crippen LogP contribution in [0.15, 0.2) is 15.8 Å². The summed E-state index contributed by atoms with van der Waals surface area (Å²) in [5.41, 5.74) is -0.877. The lowest BCUT2D eigenvalue weighted by molar-refractivity contribution is -0.228. The third-order valence-corrected chi connectivity index (χ3v) is 5.55. The Labute approximate surface area is 167 Å². The number of phosphoric acid groups is 1. The van der Waals surface area contributed by atoms with Crippen LogP contribution >= 0.6 is 20.5 Å². The second-order valence-corrected chi connectivity index (χ2v) is 9.12. The van der Waals surface area contributed by atoms with E-state index in [0.717, 1.165) is 17.4 Å². The lowest BCUT2D eigenvalue weighted by atomic mass is 10.2. The van der Waals surface area contributed by atoms with Crippen molar-refractivity contribution in [1.29, 1.82) is 0 Å². The Bertz CT molecular complexity index is 811. The molecule has 2 rings (SSSR count). The second-order valence-electron chi connectivity index (χ2n) is 6.83.